The first-order valence-corrected chi connectivity index (χ1v) is 6.91. The summed E-state index contributed by atoms with van der Waals surface area (Å²) in [6, 6.07) is 14.3. The number of fused-ring (bicyclic) bond motifs is 1. The number of halogens is 1. The Bertz CT molecular complexity index is 835. The Morgan fingerprint density at radius 1 is 1.10 bits per heavy atom. The second-order valence-electron chi connectivity index (χ2n) is 4.83. The Morgan fingerprint density at radius 2 is 1.86 bits per heavy atom. The average molecular weight is 301 g/mol. The molecule has 2 aromatic carbocycles. The van der Waals surface area contributed by atoms with E-state index in [1.54, 1.807) is 24.3 Å². The van der Waals surface area contributed by atoms with Crippen molar-refractivity contribution in [1.82, 2.24) is 0 Å². The Balaban J connectivity index is 1.93. The second-order valence-corrected chi connectivity index (χ2v) is 5.27. The Morgan fingerprint density at radius 3 is 2.62 bits per heavy atom. The molecule has 0 fully saturated rings. The smallest absolute Gasteiger partial charge is 0.336 e. The maximum Gasteiger partial charge on any atom is 0.336 e. The standard InChI is InChI=1S/C17H13ClO3/c1-11-2-7-15-12(9-17(19)21-16(15)8-11)10-20-14-5-3-13(18)4-6-14/h2-9H,10H2,1H3. The minimum Gasteiger partial charge on any atom is -0.489 e. The van der Waals surface area contributed by atoms with E-state index < -0.39 is 0 Å². The van der Waals surface area contributed by atoms with Crippen LogP contribution in [0.15, 0.2) is 57.7 Å². The van der Waals surface area contributed by atoms with Gasteiger partial charge >= 0.3 is 5.63 Å². The molecule has 0 N–H and O–H groups in total. The number of rotatable bonds is 3. The number of aryl methyl sites for hydroxylation is 1. The van der Waals surface area contributed by atoms with Crippen LogP contribution in [-0.4, -0.2) is 0 Å². The maximum absolute atomic E-state index is 11.6. The van der Waals surface area contributed by atoms with Crippen LogP contribution in [0.2, 0.25) is 5.02 Å². The fourth-order valence-corrected chi connectivity index (χ4v) is 2.27. The zero-order chi connectivity index (χ0) is 14.8. The highest BCUT2D eigenvalue weighted by Crippen LogP contribution is 2.21. The summed E-state index contributed by atoms with van der Waals surface area (Å²) >= 11 is 5.83. The minimum atomic E-state index is -0.372. The monoisotopic (exact) mass is 300 g/mol. The summed E-state index contributed by atoms with van der Waals surface area (Å²) in [4.78, 5) is 11.6. The third-order valence-corrected chi connectivity index (χ3v) is 3.45. The highest BCUT2D eigenvalue weighted by molar-refractivity contribution is 6.30. The van der Waals surface area contributed by atoms with E-state index in [4.69, 9.17) is 20.8 Å². The van der Waals surface area contributed by atoms with Crippen molar-refractivity contribution in [2.45, 2.75) is 13.5 Å². The van der Waals surface area contributed by atoms with Gasteiger partial charge in [0.15, 0.2) is 0 Å². The van der Waals surface area contributed by atoms with Crippen LogP contribution in [0.4, 0.5) is 0 Å². The van der Waals surface area contributed by atoms with Gasteiger partial charge in [-0.3, -0.25) is 0 Å². The van der Waals surface area contributed by atoms with Crippen LogP contribution in [0, 0.1) is 6.92 Å². The van der Waals surface area contributed by atoms with Crippen LogP contribution in [0.1, 0.15) is 11.1 Å². The summed E-state index contributed by atoms with van der Waals surface area (Å²) in [5.41, 5.74) is 2.05. The lowest BCUT2D eigenvalue weighted by Gasteiger charge is -2.08. The van der Waals surface area contributed by atoms with Gasteiger partial charge in [0.1, 0.15) is 17.9 Å². The van der Waals surface area contributed by atoms with Gasteiger partial charge in [-0.1, -0.05) is 23.7 Å². The van der Waals surface area contributed by atoms with Crippen molar-refractivity contribution in [2.24, 2.45) is 0 Å². The van der Waals surface area contributed by atoms with Crippen LogP contribution < -0.4 is 10.4 Å². The largest absolute Gasteiger partial charge is 0.489 e. The lowest BCUT2D eigenvalue weighted by Crippen LogP contribution is -2.04. The third kappa shape index (κ3) is 3.09. The van der Waals surface area contributed by atoms with E-state index in [9.17, 15) is 4.79 Å². The molecule has 1 aromatic heterocycles. The number of ether oxygens (including phenoxy) is 1. The summed E-state index contributed by atoms with van der Waals surface area (Å²) in [5, 5.41) is 1.54. The lowest BCUT2D eigenvalue weighted by molar-refractivity contribution is 0.306. The molecule has 0 radical (unpaired) electrons. The SMILES string of the molecule is Cc1ccc2c(COc3ccc(Cl)cc3)cc(=O)oc2c1. The van der Waals surface area contributed by atoms with Crippen molar-refractivity contribution < 1.29 is 9.15 Å². The van der Waals surface area contributed by atoms with Gasteiger partial charge in [-0.15, -0.1) is 0 Å². The predicted molar refractivity (Wildman–Crippen MR) is 83.0 cm³/mol. The third-order valence-electron chi connectivity index (χ3n) is 3.19. The molecule has 0 aliphatic carbocycles. The van der Waals surface area contributed by atoms with Gasteiger partial charge in [0.05, 0.1) is 0 Å². The molecular formula is C17H13ClO3. The minimum absolute atomic E-state index is 0.298. The van der Waals surface area contributed by atoms with E-state index in [1.165, 1.54) is 6.07 Å². The Labute approximate surface area is 126 Å². The summed E-state index contributed by atoms with van der Waals surface area (Å²) in [6.45, 7) is 2.25. The first kappa shape index (κ1) is 13.7. The quantitative estimate of drug-likeness (QED) is 0.676. The molecule has 106 valence electrons. The summed E-state index contributed by atoms with van der Waals surface area (Å²) in [5.74, 6) is 0.702. The van der Waals surface area contributed by atoms with Crippen molar-refractivity contribution in [3.63, 3.8) is 0 Å². The molecular weight excluding hydrogens is 288 g/mol. The normalized spacial score (nSPS) is 10.8. The molecule has 1 heterocycles. The van der Waals surface area contributed by atoms with Crippen LogP contribution in [-0.2, 0) is 6.61 Å². The molecule has 3 rings (SSSR count). The van der Waals surface area contributed by atoms with Crippen molar-refractivity contribution >= 4 is 22.6 Å². The van der Waals surface area contributed by atoms with Gasteiger partial charge < -0.3 is 9.15 Å². The zero-order valence-electron chi connectivity index (χ0n) is 11.4. The number of hydrogen-bond donors (Lipinski definition) is 0. The van der Waals surface area contributed by atoms with E-state index >= 15 is 0 Å². The van der Waals surface area contributed by atoms with Gasteiger partial charge in [-0.2, -0.15) is 0 Å². The fourth-order valence-electron chi connectivity index (χ4n) is 2.15. The maximum atomic E-state index is 11.6. The molecule has 0 saturated carbocycles. The molecule has 4 heteroatoms. The van der Waals surface area contributed by atoms with Crippen molar-refractivity contribution in [2.75, 3.05) is 0 Å². The van der Waals surface area contributed by atoms with E-state index in [1.807, 2.05) is 25.1 Å². The fraction of sp³-hybridized carbons (Fsp3) is 0.118. The molecule has 0 spiro atoms. The molecule has 0 aliphatic heterocycles. The van der Waals surface area contributed by atoms with Crippen LogP contribution in [0.3, 0.4) is 0 Å². The van der Waals surface area contributed by atoms with Crippen LogP contribution >= 0.6 is 11.6 Å². The van der Waals surface area contributed by atoms with Crippen LogP contribution in [0.5, 0.6) is 5.75 Å². The van der Waals surface area contributed by atoms with Gasteiger partial charge in [0, 0.05) is 22.0 Å². The molecule has 21 heavy (non-hydrogen) atoms. The molecule has 3 nitrogen and oxygen atoms in total. The van der Waals surface area contributed by atoms with E-state index in [0.717, 1.165) is 16.5 Å². The van der Waals surface area contributed by atoms with Gasteiger partial charge in [-0.05, 0) is 42.8 Å². The van der Waals surface area contributed by atoms with Crippen LogP contribution in [0.25, 0.3) is 11.0 Å². The Hall–Kier alpha value is -2.26. The summed E-state index contributed by atoms with van der Waals surface area (Å²) in [7, 11) is 0. The molecule has 0 aliphatic rings. The molecule has 0 amide bonds. The average Bonchev–Trinajstić information content (AvgIpc) is 2.45. The topological polar surface area (TPSA) is 39.4 Å². The van der Waals surface area contributed by atoms with Gasteiger partial charge in [0.25, 0.3) is 0 Å². The summed E-state index contributed by atoms with van der Waals surface area (Å²) in [6.07, 6.45) is 0. The lowest BCUT2D eigenvalue weighted by atomic mass is 10.1. The second kappa shape index (κ2) is 5.62. The van der Waals surface area contributed by atoms with E-state index in [2.05, 4.69) is 0 Å². The van der Waals surface area contributed by atoms with E-state index in [-0.39, 0.29) is 5.63 Å². The van der Waals surface area contributed by atoms with Crippen molar-refractivity contribution in [3.05, 3.63) is 75.1 Å². The first-order chi connectivity index (χ1) is 10.1. The van der Waals surface area contributed by atoms with Crippen molar-refractivity contribution in [1.29, 1.82) is 0 Å². The molecule has 0 bridgehead atoms. The molecule has 0 saturated heterocycles. The first-order valence-electron chi connectivity index (χ1n) is 6.53. The highest BCUT2D eigenvalue weighted by atomic mass is 35.5. The zero-order valence-corrected chi connectivity index (χ0v) is 12.2. The molecule has 3 aromatic rings. The molecule has 0 atom stereocenters. The van der Waals surface area contributed by atoms with Gasteiger partial charge in [-0.25, -0.2) is 4.79 Å². The number of hydrogen-bond acceptors (Lipinski definition) is 3. The predicted octanol–water partition coefficient (Wildman–Crippen LogP) is 4.33. The number of benzene rings is 2. The van der Waals surface area contributed by atoms with Gasteiger partial charge in [0.2, 0.25) is 0 Å². The molecule has 0 unspecified atom stereocenters. The Kier molecular flexibility index (Phi) is 3.67. The van der Waals surface area contributed by atoms with E-state index in [0.29, 0.717) is 23.0 Å². The summed E-state index contributed by atoms with van der Waals surface area (Å²) < 4.78 is 10.9. The highest BCUT2D eigenvalue weighted by Gasteiger charge is 2.06. The van der Waals surface area contributed by atoms with Crippen molar-refractivity contribution in [3.8, 4) is 5.75 Å².